The highest BCUT2D eigenvalue weighted by Gasteiger charge is 2.28. The monoisotopic (exact) mass is 478 g/mol. The average molecular weight is 479 g/mol. The summed E-state index contributed by atoms with van der Waals surface area (Å²) in [6, 6.07) is 9.96. The summed E-state index contributed by atoms with van der Waals surface area (Å²) in [5, 5.41) is 10.7. The molecule has 4 rings (SSSR count). The lowest BCUT2D eigenvalue weighted by atomic mass is 9.89. The third-order valence-corrected chi connectivity index (χ3v) is 5.99. The molecule has 2 amide bonds. The van der Waals surface area contributed by atoms with Gasteiger partial charge in [0.1, 0.15) is 16.4 Å². The summed E-state index contributed by atoms with van der Waals surface area (Å²) in [5.74, 6) is 0.291. The molecule has 0 saturated carbocycles. The molecule has 0 N–H and O–H groups in total. The van der Waals surface area contributed by atoms with Crippen LogP contribution in [0.25, 0.3) is 6.08 Å². The van der Waals surface area contributed by atoms with Gasteiger partial charge in [0, 0.05) is 37.8 Å². The molecule has 0 aliphatic carbocycles. The lowest BCUT2D eigenvalue weighted by Crippen LogP contribution is -2.37. The van der Waals surface area contributed by atoms with E-state index in [1.807, 2.05) is 25.1 Å². The number of piperidine rings is 1. The minimum absolute atomic E-state index is 0.0478. The van der Waals surface area contributed by atoms with Crippen LogP contribution in [0, 0.1) is 17.0 Å². The van der Waals surface area contributed by atoms with Gasteiger partial charge in [-0.25, -0.2) is 0 Å². The quantitative estimate of drug-likeness (QED) is 0.284. The van der Waals surface area contributed by atoms with E-state index in [1.165, 1.54) is 24.3 Å². The Morgan fingerprint density at radius 1 is 1.23 bits per heavy atom. The van der Waals surface area contributed by atoms with Crippen LogP contribution in [-0.2, 0) is 11.3 Å². The molecule has 0 atom stereocenters. The molecule has 35 heavy (non-hydrogen) atoms. The van der Waals surface area contributed by atoms with Crippen LogP contribution in [0.15, 0.2) is 57.6 Å². The van der Waals surface area contributed by atoms with Crippen LogP contribution < -0.4 is 0 Å². The number of amides is 2. The number of pyridine rings is 1. The Hall–Kier alpha value is -4.21. The summed E-state index contributed by atoms with van der Waals surface area (Å²) in [6.45, 7) is 3.28. The lowest BCUT2D eigenvalue weighted by Gasteiger charge is -2.32. The minimum Gasteiger partial charge on any atom is -0.467 e. The van der Waals surface area contributed by atoms with Crippen LogP contribution in [0.5, 0.6) is 0 Å². The molecule has 4 heterocycles. The van der Waals surface area contributed by atoms with Crippen LogP contribution in [0.3, 0.4) is 0 Å². The van der Waals surface area contributed by atoms with Crippen LogP contribution in [0.4, 0.5) is 5.88 Å². The lowest BCUT2D eigenvalue weighted by molar-refractivity contribution is -0.402. The van der Waals surface area contributed by atoms with E-state index in [9.17, 15) is 19.7 Å². The number of rotatable bonds is 7. The number of hydrogen-bond acceptors (Lipinski definition) is 7. The van der Waals surface area contributed by atoms with E-state index >= 15 is 0 Å². The van der Waals surface area contributed by atoms with Gasteiger partial charge in [-0.15, -0.1) is 0 Å². The number of nitro groups is 1. The first-order valence-electron chi connectivity index (χ1n) is 11.3. The van der Waals surface area contributed by atoms with E-state index in [4.69, 9.17) is 13.8 Å². The van der Waals surface area contributed by atoms with Crippen molar-refractivity contribution in [1.82, 2.24) is 14.8 Å². The average Bonchev–Trinajstić information content (AvgIpc) is 3.54. The van der Waals surface area contributed by atoms with Gasteiger partial charge in [-0.1, -0.05) is 0 Å². The third-order valence-electron chi connectivity index (χ3n) is 5.99. The number of aryl methyl sites for hydroxylation is 1. The Bertz CT molecular complexity index is 1240. The van der Waals surface area contributed by atoms with Crippen molar-refractivity contribution in [3.05, 3.63) is 87.3 Å². The second-order valence-corrected chi connectivity index (χ2v) is 8.49. The molecule has 1 aliphatic heterocycles. The molecule has 182 valence electrons. The zero-order valence-corrected chi connectivity index (χ0v) is 19.5. The van der Waals surface area contributed by atoms with Gasteiger partial charge in [0.2, 0.25) is 5.91 Å². The number of furan rings is 2. The van der Waals surface area contributed by atoms with Crippen molar-refractivity contribution in [2.24, 2.45) is 0 Å². The Kier molecular flexibility index (Phi) is 7.09. The van der Waals surface area contributed by atoms with Gasteiger partial charge in [0.25, 0.3) is 5.91 Å². The van der Waals surface area contributed by atoms with Crippen molar-refractivity contribution in [1.29, 1.82) is 0 Å². The van der Waals surface area contributed by atoms with Crippen molar-refractivity contribution in [2.75, 3.05) is 20.1 Å². The van der Waals surface area contributed by atoms with E-state index in [-0.39, 0.29) is 29.4 Å². The molecule has 1 fully saturated rings. The first-order chi connectivity index (χ1) is 16.8. The zero-order valence-electron chi connectivity index (χ0n) is 19.5. The molecule has 3 aromatic heterocycles. The van der Waals surface area contributed by atoms with Gasteiger partial charge >= 0.3 is 5.88 Å². The van der Waals surface area contributed by atoms with E-state index in [0.717, 1.165) is 11.4 Å². The molecule has 10 heteroatoms. The fraction of sp³-hybridized carbons (Fsp3) is 0.320. The second-order valence-electron chi connectivity index (χ2n) is 8.49. The highest BCUT2D eigenvalue weighted by Crippen LogP contribution is 2.30. The summed E-state index contributed by atoms with van der Waals surface area (Å²) in [5.41, 5.74) is 2.15. The Labute approximate surface area is 202 Å². The van der Waals surface area contributed by atoms with Gasteiger partial charge in [0.05, 0.1) is 30.1 Å². The largest absolute Gasteiger partial charge is 0.467 e. The smallest absolute Gasteiger partial charge is 0.433 e. The third kappa shape index (κ3) is 5.65. The molecule has 10 nitrogen and oxygen atoms in total. The fourth-order valence-electron chi connectivity index (χ4n) is 4.14. The topological polar surface area (TPSA) is 123 Å². The Morgan fingerprint density at radius 2 is 2.00 bits per heavy atom. The molecule has 0 bridgehead atoms. The summed E-state index contributed by atoms with van der Waals surface area (Å²) < 4.78 is 10.4. The summed E-state index contributed by atoms with van der Waals surface area (Å²) in [7, 11) is 1.73. The van der Waals surface area contributed by atoms with Crippen LogP contribution in [0.1, 0.15) is 52.0 Å². The van der Waals surface area contributed by atoms with Gasteiger partial charge in [0.15, 0.2) is 0 Å². The molecular weight excluding hydrogens is 452 g/mol. The predicted molar refractivity (Wildman–Crippen MR) is 126 cm³/mol. The maximum atomic E-state index is 13.2. The fourth-order valence-corrected chi connectivity index (χ4v) is 4.14. The summed E-state index contributed by atoms with van der Waals surface area (Å²) >= 11 is 0. The second kappa shape index (κ2) is 10.4. The molecule has 0 unspecified atom stereocenters. The first-order valence-corrected chi connectivity index (χ1v) is 11.3. The number of hydrogen-bond donors (Lipinski definition) is 0. The van der Waals surface area contributed by atoms with Gasteiger partial charge in [-0.3, -0.25) is 24.7 Å². The van der Waals surface area contributed by atoms with Crippen molar-refractivity contribution >= 4 is 23.8 Å². The van der Waals surface area contributed by atoms with Crippen molar-refractivity contribution in [3.63, 3.8) is 0 Å². The molecule has 0 aromatic carbocycles. The molecule has 3 aromatic rings. The van der Waals surface area contributed by atoms with Crippen molar-refractivity contribution < 1.29 is 23.3 Å². The Morgan fingerprint density at radius 3 is 2.66 bits per heavy atom. The van der Waals surface area contributed by atoms with E-state index in [1.54, 1.807) is 29.2 Å². The van der Waals surface area contributed by atoms with E-state index in [0.29, 0.717) is 43.8 Å². The van der Waals surface area contributed by atoms with Crippen molar-refractivity contribution in [2.45, 2.75) is 32.2 Å². The maximum Gasteiger partial charge on any atom is 0.433 e. The van der Waals surface area contributed by atoms with Gasteiger partial charge in [-0.2, -0.15) is 0 Å². The zero-order chi connectivity index (χ0) is 24.9. The normalized spacial score (nSPS) is 14.4. The molecular formula is C25H26N4O6. The number of nitrogens with zero attached hydrogens (tertiary/aromatic N) is 4. The molecule has 1 aliphatic rings. The number of likely N-dealkylation sites (tertiary alicyclic amines) is 1. The highest BCUT2D eigenvalue weighted by molar-refractivity contribution is 5.95. The molecule has 0 spiro atoms. The number of carbonyl (C=O) groups excluding carboxylic acids is 2. The van der Waals surface area contributed by atoms with Gasteiger partial charge in [-0.05, 0) is 56.2 Å². The SMILES string of the molecule is Cc1ccc(C(=O)N(C)Cc2ccco2)c(C2CCN(C(=O)C=Cc3ccc([N+](=O)[O-])o3)CC2)n1. The van der Waals surface area contributed by atoms with E-state index < -0.39 is 4.92 Å². The maximum absolute atomic E-state index is 13.2. The number of aromatic nitrogens is 1. The summed E-state index contributed by atoms with van der Waals surface area (Å²) in [6.07, 6.45) is 5.70. The Balaban J connectivity index is 1.40. The van der Waals surface area contributed by atoms with E-state index in [2.05, 4.69) is 0 Å². The van der Waals surface area contributed by atoms with Crippen LogP contribution >= 0.6 is 0 Å². The predicted octanol–water partition coefficient (Wildman–Crippen LogP) is 4.18. The first kappa shape index (κ1) is 23.9. The standard InChI is InChI=1S/C25H26N4O6/c1-17-5-8-21(25(31)27(2)16-20-4-3-15-34-20)24(26-17)18-11-13-28(14-12-18)22(30)9-6-19-7-10-23(35-19)29(32)33/h3-10,15,18H,11-14,16H2,1-2H3. The molecule has 0 radical (unpaired) electrons. The van der Waals surface area contributed by atoms with Crippen LogP contribution in [0.2, 0.25) is 0 Å². The minimum atomic E-state index is -0.628. The highest BCUT2D eigenvalue weighted by atomic mass is 16.6. The molecule has 1 saturated heterocycles. The summed E-state index contributed by atoms with van der Waals surface area (Å²) in [4.78, 5) is 43.9. The van der Waals surface area contributed by atoms with Crippen molar-refractivity contribution in [3.8, 4) is 0 Å². The number of carbonyl (C=O) groups is 2. The van der Waals surface area contributed by atoms with Crippen LogP contribution in [-0.4, -0.2) is 51.7 Å². The van der Waals surface area contributed by atoms with Gasteiger partial charge < -0.3 is 18.6 Å².